The number of nitrogens with one attached hydrogen (secondary N) is 1. The molecule has 1 unspecified atom stereocenters. The number of ether oxygens (including phenoxy) is 1. The van der Waals surface area contributed by atoms with E-state index in [4.69, 9.17) is 4.74 Å². The first-order chi connectivity index (χ1) is 14.6. The van der Waals surface area contributed by atoms with Crippen molar-refractivity contribution >= 4 is 11.9 Å². The first-order valence-electron chi connectivity index (χ1n) is 12.1. The van der Waals surface area contributed by atoms with Crippen molar-refractivity contribution in [1.29, 1.82) is 0 Å². The van der Waals surface area contributed by atoms with E-state index < -0.39 is 0 Å². The number of rotatable bonds is 18. The van der Waals surface area contributed by atoms with Crippen LogP contribution in [0.5, 0.6) is 0 Å². The molecule has 0 bridgehead atoms. The lowest BCUT2D eigenvalue weighted by molar-refractivity contribution is -0.143. The second-order valence-electron chi connectivity index (χ2n) is 8.31. The van der Waals surface area contributed by atoms with Crippen LogP contribution in [-0.4, -0.2) is 18.5 Å². The highest BCUT2D eigenvalue weighted by Crippen LogP contribution is 2.13. The number of esters is 1. The molecule has 1 aromatic carbocycles. The molecule has 1 rings (SSSR count). The number of unbranched alkanes of at least 4 members (excludes halogenated alkanes) is 10. The van der Waals surface area contributed by atoms with Crippen molar-refractivity contribution in [3.63, 3.8) is 0 Å². The topological polar surface area (TPSA) is 55.4 Å². The summed E-state index contributed by atoms with van der Waals surface area (Å²) in [4.78, 5) is 23.8. The van der Waals surface area contributed by atoms with Crippen LogP contribution in [0.2, 0.25) is 0 Å². The lowest BCUT2D eigenvalue weighted by atomic mass is 10.1. The Morgan fingerprint density at radius 2 is 1.37 bits per heavy atom. The van der Waals surface area contributed by atoms with Gasteiger partial charge in [0.1, 0.15) is 0 Å². The first kappa shape index (κ1) is 26.2. The van der Waals surface area contributed by atoms with Crippen molar-refractivity contribution in [3.8, 4) is 0 Å². The average molecular weight is 418 g/mol. The number of hydrogen-bond acceptors (Lipinski definition) is 3. The molecular weight excluding hydrogens is 374 g/mol. The molecule has 0 fully saturated rings. The van der Waals surface area contributed by atoms with Crippen molar-refractivity contribution in [2.75, 3.05) is 6.61 Å². The fraction of sp³-hybridized carbons (Fsp3) is 0.692. The molecular formula is C26H43NO3. The number of amides is 1. The van der Waals surface area contributed by atoms with E-state index >= 15 is 0 Å². The van der Waals surface area contributed by atoms with Gasteiger partial charge in [-0.3, -0.25) is 9.59 Å². The van der Waals surface area contributed by atoms with Crippen molar-refractivity contribution in [2.24, 2.45) is 0 Å². The summed E-state index contributed by atoms with van der Waals surface area (Å²) in [5, 5.41) is 2.97. The Morgan fingerprint density at radius 1 is 0.800 bits per heavy atom. The van der Waals surface area contributed by atoms with Crippen LogP contribution in [0.15, 0.2) is 30.3 Å². The molecule has 0 aliphatic rings. The highest BCUT2D eigenvalue weighted by atomic mass is 16.5. The minimum atomic E-state index is -0.189. The Balaban J connectivity index is 1.91. The fourth-order valence-electron chi connectivity index (χ4n) is 3.56. The monoisotopic (exact) mass is 417 g/mol. The van der Waals surface area contributed by atoms with Gasteiger partial charge >= 0.3 is 5.97 Å². The number of hydrogen-bond donors (Lipinski definition) is 1. The van der Waals surface area contributed by atoms with Crippen LogP contribution in [0, 0.1) is 0 Å². The second kappa shape index (κ2) is 18.0. The minimum absolute atomic E-state index is 0.0216. The van der Waals surface area contributed by atoms with E-state index in [9.17, 15) is 9.59 Å². The summed E-state index contributed by atoms with van der Waals surface area (Å²) >= 11 is 0. The zero-order chi connectivity index (χ0) is 21.9. The lowest BCUT2D eigenvalue weighted by Gasteiger charge is -2.14. The van der Waals surface area contributed by atoms with E-state index in [0.717, 1.165) is 18.4 Å². The number of carbonyl (C=O) groups is 2. The second-order valence-corrected chi connectivity index (χ2v) is 8.31. The molecule has 4 nitrogen and oxygen atoms in total. The van der Waals surface area contributed by atoms with Crippen LogP contribution in [0.4, 0.5) is 0 Å². The maximum atomic E-state index is 12.0. The molecule has 1 amide bonds. The van der Waals surface area contributed by atoms with Gasteiger partial charge in [-0.05, 0) is 25.3 Å². The molecule has 1 atom stereocenters. The Hall–Kier alpha value is -1.84. The van der Waals surface area contributed by atoms with E-state index in [1.165, 1.54) is 57.8 Å². The van der Waals surface area contributed by atoms with E-state index in [-0.39, 0.29) is 17.9 Å². The summed E-state index contributed by atoms with van der Waals surface area (Å²) in [6, 6.07) is 9.85. The highest BCUT2D eigenvalue weighted by Gasteiger charge is 2.10. The predicted octanol–water partition coefficient (Wildman–Crippen LogP) is 6.89. The van der Waals surface area contributed by atoms with Crippen molar-refractivity contribution in [1.82, 2.24) is 5.32 Å². The first-order valence-corrected chi connectivity index (χ1v) is 12.1. The maximum Gasteiger partial charge on any atom is 0.305 e. The van der Waals surface area contributed by atoms with Gasteiger partial charge in [0.05, 0.1) is 12.6 Å². The summed E-state index contributed by atoms with van der Waals surface area (Å²) in [7, 11) is 0. The van der Waals surface area contributed by atoms with Gasteiger partial charge < -0.3 is 10.1 Å². The molecule has 1 aromatic rings. The Morgan fingerprint density at radius 3 is 1.97 bits per heavy atom. The van der Waals surface area contributed by atoms with Crippen LogP contribution in [-0.2, 0) is 14.3 Å². The van der Waals surface area contributed by atoms with E-state index in [2.05, 4.69) is 12.2 Å². The van der Waals surface area contributed by atoms with E-state index in [1.54, 1.807) is 0 Å². The Labute approximate surface area is 184 Å². The third-order valence-corrected chi connectivity index (χ3v) is 5.47. The number of benzene rings is 1. The zero-order valence-corrected chi connectivity index (χ0v) is 19.3. The van der Waals surface area contributed by atoms with Gasteiger partial charge in [-0.25, -0.2) is 0 Å². The van der Waals surface area contributed by atoms with Crippen LogP contribution in [0.25, 0.3) is 0 Å². The van der Waals surface area contributed by atoms with Crippen molar-refractivity contribution < 1.29 is 14.3 Å². The molecule has 0 spiro atoms. The minimum Gasteiger partial charge on any atom is -0.466 e. The molecule has 1 N–H and O–H groups in total. The van der Waals surface area contributed by atoms with Crippen LogP contribution in [0.3, 0.4) is 0 Å². The number of carbonyl (C=O) groups excluding carboxylic acids is 2. The summed E-state index contributed by atoms with van der Waals surface area (Å²) < 4.78 is 5.29. The quantitative estimate of drug-likeness (QED) is 0.209. The smallest absolute Gasteiger partial charge is 0.305 e. The molecule has 0 aliphatic heterocycles. The van der Waals surface area contributed by atoms with Gasteiger partial charge in [0.25, 0.3) is 0 Å². The SMILES string of the molecule is CCCCCCCCCCCCCOC(=O)CCCC(=O)NC(C)c1ccccc1. The third-order valence-electron chi connectivity index (χ3n) is 5.47. The fourth-order valence-corrected chi connectivity index (χ4v) is 3.56. The van der Waals surface area contributed by atoms with Crippen LogP contribution < -0.4 is 5.32 Å². The van der Waals surface area contributed by atoms with Gasteiger partial charge in [-0.15, -0.1) is 0 Å². The molecule has 0 saturated carbocycles. The summed E-state index contributed by atoms with van der Waals surface area (Å²) in [5.74, 6) is -0.212. The van der Waals surface area contributed by atoms with Crippen molar-refractivity contribution in [3.05, 3.63) is 35.9 Å². The summed E-state index contributed by atoms with van der Waals surface area (Å²) in [6.07, 6.45) is 15.3. The highest BCUT2D eigenvalue weighted by molar-refractivity contribution is 5.77. The molecule has 0 aliphatic carbocycles. The molecule has 0 aromatic heterocycles. The predicted molar refractivity (Wildman–Crippen MR) is 124 cm³/mol. The van der Waals surface area contributed by atoms with Crippen LogP contribution >= 0.6 is 0 Å². The Kier molecular flexibility index (Phi) is 15.7. The van der Waals surface area contributed by atoms with E-state index in [1.807, 2.05) is 37.3 Å². The average Bonchev–Trinajstić information content (AvgIpc) is 2.75. The molecule has 30 heavy (non-hydrogen) atoms. The molecule has 0 radical (unpaired) electrons. The molecule has 0 heterocycles. The normalized spacial score (nSPS) is 11.8. The molecule has 170 valence electrons. The largest absolute Gasteiger partial charge is 0.466 e. The van der Waals surface area contributed by atoms with E-state index in [0.29, 0.717) is 25.9 Å². The van der Waals surface area contributed by atoms with Gasteiger partial charge in [-0.2, -0.15) is 0 Å². The molecule has 0 saturated heterocycles. The van der Waals surface area contributed by atoms with Gasteiger partial charge in [-0.1, -0.05) is 101 Å². The standard InChI is InChI=1S/C26H43NO3/c1-3-4-5-6-7-8-9-10-11-12-16-22-30-26(29)21-17-20-25(28)27-23(2)24-18-14-13-15-19-24/h13-15,18-19,23H,3-12,16-17,20-22H2,1-2H3,(H,27,28). The van der Waals surface area contributed by atoms with Gasteiger partial charge in [0.2, 0.25) is 5.91 Å². The third kappa shape index (κ3) is 14.2. The zero-order valence-electron chi connectivity index (χ0n) is 19.3. The summed E-state index contributed by atoms with van der Waals surface area (Å²) in [6.45, 7) is 4.73. The van der Waals surface area contributed by atoms with Gasteiger partial charge in [0, 0.05) is 12.8 Å². The maximum absolute atomic E-state index is 12.0. The Bertz CT molecular complexity index is 559. The van der Waals surface area contributed by atoms with Crippen molar-refractivity contribution in [2.45, 2.75) is 110 Å². The molecule has 4 heteroatoms. The lowest BCUT2D eigenvalue weighted by Crippen LogP contribution is -2.26. The van der Waals surface area contributed by atoms with Gasteiger partial charge in [0.15, 0.2) is 0 Å². The summed E-state index contributed by atoms with van der Waals surface area (Å²) in [5.41, 5.74) is 1.08. The van der Waals surface area contributed by atoms with Crippen LogP contribution in [0.1, 0.15) is 115 Å².